The SMILES string of the molecule is CC(C)C[C@@H](NC(=O)C1CC1)C(=O)N1CCN(c2ccccn2)CC1. The van der Waals surface area contributed by atoms with Crippen LogP contribution < -0.4 is 10.2 Å². The summed E-state index contributed by atoms with van der Waals surface area (Å²) in [5.74, 6) is 1.55. The smallest absolute Gasteiger partial charge is 0.245 e. The molecule has 1 atom stereocenters. The van der Waals surface area contributed by atoms with Gasteiger partial charge in [-0.15, -0.1) is 0 Å². The van der Waals surface area contributed by atoms with Gasteiger partial charge in [0.05, 0.1) is 0 Å². The normalized spacial score (nSPS) is 19.0. The summed E-state index contributed by atoms with van der Waals surface area (Å²) in [6.07, 6.45) is 4.39. The highest BCUT2D eigenvalue weighted by Gasteiger charge is 2.34. The van der Waals surface area contributed by atoms with Crippen molar-refractivity contribution in [1.29, 1.82) is 0 Å². The second-order valence-corrected chi connectivity index (χ2v) is 7.47. The lowest BCUT2D eigenvalue weighted by molar-refractivity contribution is -0.137. The Kier molecular flexibility index (Phi) is 5.56. The Labute approximate surface area is 149 Å². The molecule has 1 saturated heterocycles. The lowest BCUT2D eigenvalue weighted by Gasteiger charge is -2.37. The molecule has 0 bridgehead atoms. The van der Waals surface area contributed by atoms with Gasteiger partial charge in [0.2, 0.25) is 11.8 Å². The molecule has 0 radical (unpaired) electrons. The lowest BCUT2D eigenvalue weighted by Crippen LogP contribution is -2.55. The summed E-state index contributed by atoms with van der Waals surface area (Å²) in [7, 11) is 0. The van der Waals surface area contributed by atoms with Crippen LogP contribution in [0.1, 0.15) is 33.1 Å². The molecule has 1 aromatic rings. The van der Waals surface area contributed by atoms with E-state index in [0.717, 1.165) is 31.7 Å². The van der Waals surface area contributed by atoms with Gasteiger partial charge in [0, 0.05) is 38.3 Å². The van der Waals surface area contributed by atoms with E-state index in [4.69, 9.17) is 0 Å². The van der Waals surface area contributed by atoms with Gasteiger partial charge >= 0.3 is 0 Å². The third-order valence-electron chi connectivity index (χ3n) is 4.83. The molecule has 1 aliphatic heterocycles. The molecule has 25 heavy (non-hydrogen) atoms. The van der Waals surface area contributed by atoms with Crippen LogP contribution in [-0.2, 0) is 9.59 Å². The molecule has 2 fully saturated rings. The zero-order valence-electron chi connectivity index (χ0n) is 15.1. The van der Waals surface area contributed by atoms with E-state index in [0.29, 0.717) is 25.4 Å². The monoisotopic (exact) mass is 344 g/mol. The summed E-state index contributed by atoms with van der Waals surface area (Å²) in [6.45, 7) is 7.05. The highest BCUT2D eigenvalue weighted by atomic mass is 16.2. The van der Waals surface area contributed by atoms with Crippen LogP contribution in [0.2, 0.25) is 0 Å². The van der Waals surface area contributed by atoms with Gasteiger partial charge in [-0.1, -0.05) is 19.9 Å². The van der Waals surface area contributed by atoms with Gasteiger partial charge in [-0.05, 0) is 37.3 Å². The molecule has 1 aromatic heterocycles. The fourth-order valence-corrected chi connectivity index (χ4v) is 3.25. The molecule has 1 aliphatic carbocycles. The Morgan fingerprint density at radius 1 is 1.20 bits per heavy atom. The lowest BCUT2D eigenvalue weighted by atomic mass is 10.0. The minimum absolute atomic E-state index is 0.0473. The second kappa shape index (κ2) is 7.85. The number of hydrogen-bond acceptors (Lipinski definition) is 4. The van der Waals surface area contributed by atoms with E-state index in [9.17, 15) is 9.59 Å². The van der Waals surface area contributed by atoms with Gasteiger partial charge in [0.1, 0.15) is 11.9 Å². The standard InChI is InChI=1S/C19H28N4O2/c1-14(2)13-16(21-18(24)15-6-7-15)19(25)23-11-9-22(10-12-23)17-5-3-4-8-20-17/h3-5,8,14-16H,6-7,9-13H2,1-2H3,(H,21,24)/t16-/m1/s1. The third kappa shape index (κ3) is 4.71. The van der Waals surface area contributed by atoms with Crippen molar-refractivity contribution in [2.75, 3.05) is 31.1 Å². The molecule has 0 unspecified atom stereocenters. The Morgan fingerprint density at radius 3 is 2.48 bits per heavy atom. The van der Waals surface area contributed by atoms with E-state index in [1.54, 1.807) is 6.20 Å². The maximum atomic E-state index is 12.9. The zero-order valence-corrected chi connectivity index (χ0v) is 15.1. The van der Waals surface area contributed by atoms with Crippen molar-refractivity contribution < 1.29 is 9.59 Å². The molecule has 2 aliphatic rings. The first-order chi connectivity index (χ1) is 12.0. The largest absolute Gasteiger partial charge is 0.353 e. The van der Waals surface area contributed by atoms with E-state index >= 15 is 0 Å². The molecule has 6 heteroatoms. The Balaban J connectivity index is 1.57. The maximum absolute atomic E-state index is 12.9. The zero-order chi connectivity index (χ0) is 17.8. The van der Waals surface area contributed by atoms with Crippen LogP contribution in [-0.4, -0.2) is 53.9 Å². The number of piperazine rings is 1. The molecule has 6 nitrogen and oxygen atoms in total. The topological polar surface area (TPSA) is 65.5 Å². The van der Waals surface area contributed by atoms with Crippen molar-refractivity contribution in [2.24, 2.45) is 11.8 Å². The number of carbonyl (C=O) groups excluding carboxylic acids is 2. The first-order valence-corrected chi connectivity index (χ1v) is 9.29. The molecule has 1 N–H and O–H groups in total. The fourth-order valence-electron chi connectivity index (χ4n) is 3.25. The van der Waals surface area contributed by atoms with E-state index in [1.165, 1.54) is 0 Å². The summed E-state index contributed by atoms with van der Waals surface area (Å²) >= 11 is 0. The minimum Gasteiger partial charge on any atom is -0.353 e. The number of pyridine rings is 1. The molecular weight excluding hydrogens is 316 g/mol. The highest BCUT2D eigenvalue weighted by molar-refractivity contribution is 5.89. The second-order valence-electron chi connectivity index (χ2n) is 7.47. The number of anilines is 1. The van der Waals surface area contributed by atoms with Gasteiger partial charge in [0.15, 0.2) is 0 Å². The van der Waals surface area contributed by atoms with Crippen molar-refractivity contribution in [3.05, 3.63) is 24.4 Å². The van der Waals surface area contributed by atoms with Crippen molar-refractivity contribution >= 4 is 17.6 Å². The summed E-state index contributed by atoms with van der Waals surface area (Å²) < 4.78 is 0. The Bertz CT molecular complexity index is 593. The molecule has 0 spiro atoms. The predicted molar refractivity (Wildman–Crippen MR) is 97.1 cm³/mol. The average Bonchev–Trinajstić information content (AvgIpc) is 3.46. The van der Waals surface area contributed by atoms with Crippen molar-refractivity contribution in [3.8, 4) is 0 Å². The molecule has 136 valence electrons. The minimum atomic E-state index is -0.394. The summed E-state index contributed by atoms with van der Waals surface area (Å²) in [6, 6.07) is 5.48. The van der Waals surface area contributed by atoms with Crippen LogP contribution in [0, 0.1) is 11.8 Å². The first-order valence-electron chi connectivity index (χ1n) is 9.29. The molecule has 0 aromatic carbocycles. The maximum Gasteiger partial charge on any atom is 0.245 e. The first kappa shape index (κ1) is 17.7. The fraction of sp³-hybridized carbons (Fsp3) is 0.632. The number of nitrogens with one attached hydrogen (secondary N) is 1. The van der Waals surface area contributed by atoms with Crippen molar-refractivity contribution in [1.82, 2.24) is 15.2 Å². The van der Waals surface area contributed by atoms with Crippen LogP contribution >= 0.6 is 0 Å². The van der Waals surface area contributed by atoms with Gasteiger partial charge in [-0.3, -0.25) is 9.59 Å². The average molecular weight is 344 g/mol. The van der Waals surface area contributed by atoms with Crippen LogP contribution in [0.4, 0.5) is 5.82 Å². The Morgan fingerprint density at radius 2 is 1.92 bits per heavy atom. The number of rotatable bonds is 6. The molecule has 2 amide bonds. The van der Waals surface area contributed by atoms with E-state index in [-0.39, 0.29) is 17.7 Å². The number of hydrogen-bond donors (Lipinski definition) is 1. The number of nitrogens with zero attached hydrogens (tertiary/aromatic N) is 3. The number of amides is 2. The van der Waals surface area contributed by atoms with E-state index in [2.05, 4.69) is 29.0 Å². The quantitative estimate of drug-likeness (QED) is 0.853. The predicted octanol–water partition coefficient (Wildman–Crippen LogP) is 1.67. The van der Waals surface area contributed by atoms with Gasteiger partial charge in [0.25, 0.3) is 0 Å². The van der Waals surface area contributed by atoms with E-state index < -0.39 is 6.04 Å². The van der Waals surface area contributed by atoms with E-state index in [1.807, 2.05) is 23.1 Å². The van der Waals surface area contributed by atoms with Crippen LogP contribution in [0.3, 0.4) is 0 Å². The molecule has 1 saturated carbocycles. The Hall–Kier alpha value is -2.11. The number of aromatic nitrogens is 1. The highest BCUT2D eigenvalue weighted by Crippen LogP contribution is 2.29. The molecule has 2 heterocycles. The van der Waals surface area contributed by atoms with Crippen LogP contribution in [0.25, 0.3) is 0 Å². The van der Waals surface area contributed by atoms with Gasteiger partial charge in [-0.25, -0.2) is 4.98 Å². The third-order valence-corrected chi connectivity index (χ3v) is 4.83. The molecule has 3 rings (SSSR count). The molecular formula is C19H28N4O2. The summed E-state index contributed by atoms with van der Waals surface area (Å²) in [5.41, 5.74) is 0. The van der Waals surface area contributed by atoms with Crippen molar-refractivity contribution in [2.45, 2.75) is 39.2 Å². The number of carbonyl (C=O) groups is 2. The van der Waals surface area contributed by atoms with Crippen molar-refractivity contribution in [3.63, 3.8) is 0 Å². The summed E-state index contributed by atoms with van der Waals surface area (Å²) in [5, 5.41) is 2.99. The van der Waals surface area contributed by atoms with Crippen LogP contribution in [0.5, 0.6) is 0 Å². The van der Waals surface area contributed by atoms with Gasteiger partial charge < -0.3 is 15.1 Å². The van der Waals surface area contributed by atoms with Crippen LogP contribution in [0.15, 0.2) is 24.4 Å². The summed E-state index contributed by atoms with van der Waals surface area (Å²) in [4.78, 5) is 33.5. The van der Waals surface area contributed by atoms with Gasteiger partial charge in [-0.2, -0.15) is 0 Å².